The van der Waals surface area contributed by atoms with E-state index in [1.165, 1.54) is 6.26 Å². The molecule has 1 aromatic carbocycles. The van der Waals surface area contributed by atoms with Gasteiger partial charge in [0.1, 0.15) is 0 Å². The first-order chi connectivity index (χ1) is 11.6. The summed E-state index contributed by atoms with van der Waals surface area (Å²) in [5.41, 5.74) is 1.14. The van der Waals surface area contributed by atoms with Crippen molar-refractivity contribution in [2.24, 2.45) is 4.99 Å². The quantitative estimate of drug-likeness (QED) is 0.291. The van der Waals surface area contributed by atoms with E-state index in [1.54, 1.807) is 19.2 Å². The first-order valence-corrected chi connectivity index (χ1v) is 7.96. The van der Waals surface area contributed by atoms with Gasteiger partial charge in [0.05, 0.1) is 6.26 Å². The Morgan fingerprint density at radius 3 is 2.48 bits per heavy atom. The van der Waals surface area contributed by atoms with Gasteiger partial charge in [-0.3, -0.25) is 9.79 Å². The number of benzene rings is 1. The molecule has 0 radical (unpaired) electrons. The molecule has 0 saturated carbocycles. The van der Waals surface area contributed by atoms with Crippen molar-refractivity contribution in [2.75, 3.05) is 27.2 Å². The third-order valence-electron chi connectivity index (χ3n) is 3.35. The standard InChI is InChI=1S/C17H21ClN4O2.HI/c1-19-17(22(2)12-13-5-7-14(18)8-6-13)21-10-9-20-16(23)15-4-3-11-24-15;/h3-8,11H,9-10,12H2,1-2H3,(H,19,21)(H,20,23);1H. The Morgan fingerprint density at radius 1 is 1.20 bits per heavy atom. The van der Waals surface area contributed by atoms with Gasteiger partial charge in [-0.05, 0) is 29.8 Å². The van der Waals surface area contributed by atoms with E-state index in [0.717, 1.165) is 16.5 Å². The van der Waals surface area contributed by atoms with Crippen LogP contribution in [0.5, 0.6) is 0 Å². The lowest BCUT2D eigenvalue weighted by atomic mass is 10.2. The van der Waals surface area contributed by atoms with Crippen LogP contribution in [0.15, 0.2) is 52.1 Å². The highest BCUT2D eigenvalue weighted by atomic mass is 127. The molecule has 1 aromatic heterocycles. The SMILES string of the molecule is CN=C(NCCNC(=O)c1ccco1)N(C)Cc1ccc(Cl)cc1.I. The van der Waals surface area contributed by atoms with E-state index in [9.17, 15) is 4.79 Å². The highest BCUT2D eigenvalue weighted by Gasteiger charge is 2.09. The number of guanidine groups is 1. The number of hydrogen-bond donors (Lipinski definition) is 2. The molecule has 2 aromatic rings. The van der Waals surface area contributed by atoms with Crippen LogP contribution >= 0.6 is 35.6 Å². The maximum Gasteiger partial charge on any atom is 0.287 e. The second kappa shape index (κ2) is 11.0. The monoisotopic (exact) mass is 476 g/mol. The first kappa shape index (κ1) is 21.3. The lowest BCUT2D eigenvalue weighted by molar-refractivity contribution is 0.0926. The number of carbonyl (C=O) groups excluding carboxylic acids is 1. The predicted molar refractivity (Wildman–Crippen MR) is 111 cm³/mol. The Labute approximate surface area is 169 Å². The third-order valence-corrected chi connectivity index (χ3v) is 3.60. The lowest BCUT2D eigenvalue weighted by Crippen LogP contribution is -2.42. The van der Waals surface area contributed by atoms with Gasteiger partial charge in [0.15, 0.2) is 11.7 Å². The second-order valence-electron chi connectivity index (χ2n) is 5.19. The Kier molecular flexibility index (Phi) is 9.36. The molecule has 0 saturated heterocycles. The van der Waals surface area contributed by atoms with Crippen molar-refractivity contribution in [3.05, 3.63) is 59.0 Å². The smallest absolute Gasteiger partial charge is 0.287 e. The number of nitrogens with zero attached hydrogens (tertiary/aromatic N) is 2. The molecule has 0 atom stereocenters. The molecule has 8 heteroatoms. The van der Waals surface area contributed by atoms with E-state index in [-0.39, 0.29) is 29.9 Å². The molecule has 2 rings (SSSR count). The van der Waals surface area contributed by atoms with Gasteiger partial charge >= 0.3 is 0 Å². The lowest BCUT2D eigenvalue weighted by Gasteiger charge is -2.22. The van der Waals surface area contributed by atoms with Crippen molar-refractivity contribution < 1.29 is 9.21 Å². The van der Waals surface area contributed by atoms with E-state index >= 15 is 0 Å². The van der Waals surface area contributed by atoms with Crippen LogP contribution in [-0.2, 0) is 6.54 Å². The number of amides is 1. The molecule has 0 aliphatic rings. The third kappa shape index (κ3) is 6.95. The number of hydrogen-bond acceptors (Lipinski definition) is 3. The van der Waals surface area contributed by atoms with E-state index in [1.807, 2.05) is 36.2 Å². The van der Waals surface area contributed by atoms with Gasteiger partial charge in [0.2, 0.25) is 0 Å². The highest BCUT2D eigenvalue weighted by molar-refractivity contribution is 14.0. The molecule has 2 N–H and O–H groups in total. The van der Waals surface area contributed by atoms with Gasteiger partial charge < -0.3 is 20.0 Å². The van der Waals surface area contributed by atoms with Gasteiger partial charge in [0.25, 0.3) is 5.91 Å². The number of furan rings is 1. The van der Waals surface area contributed by atoms with Crippen LogP contribution in [0.2, 0.25) is 5.02 Å². The van der Waals surface area contributed by atoms with Crippen molar-refractivity contribution in [1.82, 2.24) is 15.5 Å². The molecule has 0 aliphatic heterocycles. The largest absolute Gasteiger partial charge is 0.459 e. The molecule has 1 amide bonds. The average molecular weight is 477 g/mol. The van der Waals surface area contributed by atoms with Crippen LogP contribution in [-0.4, -0.2) is 44.0 Å². The minimum Gasteiger partial charge on any atom is -0.459 e. The van der Waals surface area contributed by atoms with Gasteiger partial charge in [0, 0.05) is 38.8 Å². The van der Waals surface area contributed by atoms with E-state index < -0.39 is 0 Å². The number of halogens is 2. The summed E-state index contributed by atoms with van der Waals surface area (Å²) in [5, 5.41) is 6.70. The summed E-state index contributed by atoms with van der Waals surface area (Å²) in [6.07, 6.45) is 1.47. The van der Waals surface area contributed by atoms with Crippen molar-refractivity contribution in [2.45, 2.75) is 6.54 Å². The van der Waals surface area contributed by atoms with Crippen molar-refractivity contribution >= 4 is 47.4 Å². The van der Waals surface area contributed by atoms with Gasteiger partial charge in [-0.15, -0.1) is 24.0 Å². The molecule has 0 spiro atoms. The summed E-state index contributed by atoms with van der Waals surface area (Å²) in [6, 6.07) is 11.0. The van der Waals surface area contributed by atoms with Crippen molar-refractivity contribution in [3.8, 4) is 0 Å². The highest BCUT2D eigenvalue weighted by Crippen LogP contribution is 2.10. The van der Waals surface area contributed by atoms with Crippen LogP contribution in [0, 0.1) is 0 Å². The molecule has 6 nitrogen and oxygen atoms in total. The van der Waals surface area contributed by atoms with Crippen LogP contribution in [0.4, 0.5) is 0 Å². The van der Waals surface area contributed by atoms with Gasteiger partial charge in [-0.2, -0.15) is 0 Å². The molecule has 25 heavy (non-hydrogen) atoms. The Hall–Kier alpha value is -1.74. The summed E-state index contributed by atoms with van der Waals surface area (Å²) in [4.78, 5) is 18.0. The Morgan fingerprint density at radius 2 is 1.88 bits per heavy atom. The second-order valence-corrected chi connectivity index (χ2v) is 5.63. The van der Waals surface area contributed by atoms with Crippen LogP contribution in [0.1, 0.15) is 16.1 Å². The molecule has 136 valence electrons. The molecule has 1 heterocycles. The predicted octanol–water partition coefficient (Wildman–Crippen LogP) is 2.99. The van der Waals surface area contributed by atoms with Gasteiger partial charge in [-0.1, -0.05) is 23.7 Å². The summed E-state index contributed by atoms with van der Waals surface area (Å²) in [6.45, 7) is 1.73. The maximum atomic E-state index is 11.7. The number of rotatable bonds is 6. The molecule has 0 bridgehead atoms. The molecule has 0 aliphatic carbocycles. The Bertz CT molecular complexity index is 674. The molecular weight excluding hydrogens is 455 g/mol. The van der Waals surface area contributed by atoms with E-state index in [2.05, 4.69) is 15.6 Å². The molecule has 0 fully saturated rings. The number of aliphatic imine (C=N–C) groups is 1. The molecule has 0 unspecified atom stereocenters. The number of carbonyl (C=O) groups is 1. The van der Waals surface area contributed by atoms with E-state index in [4.69, 9.17) is 16.0 Å². The fourth-order valence-corrected chi connectivity index (χ4v) is 2.29. The van der Waals surface area contributed by atoms with Crippen LogP contribution in [0.3, 0.4) is 0 Å². The Balaban J connectivity index is 0.00000312. The minimum atomic E-state index is -0.230. The van der Waals surface area contributed by atoms with Crippen LogP contribution in [0.25, 0.3) is 0 Å². The van der Waals surface area contributed by atoms with Crippen LogP contribution < -0.4 is 10.6 Å². The summed E-state index contributed by atoms with van der Waals surface area (Å²) in [7, 11) is 3.67. The zero-order chi connectivity index (χ0) is 17.4. The first-order valence-electron chi connectivity index (χ1n) is 7.58. The van der Waals surface area contributed by atoms with Gasteiger partial charge in [-0.25, -0.2) is 0 Å². The fraction of sp³-hybridized carbons (Fsp3) is 0.294. The minimum absolute atomic E-state index is 0. The molecular formula is C17H22ClIN4O2. The van der Waals surface area contributed by atoms with E-state index in [0.29, 0.717) is 25.4 Å². The topological polar surface area (TPSA) is 69.9 Å². The normalized spacial score (nSPS) is 10.8. The number of nitrogens with one attached hydrogen (secondary N) is 2. The zero-order valence-corrected chi connectivity index (χ0v) is 17.2. The summed E-state index contributed by atoms with van der Waals surface area (Å²) < 4.78 is 5.03. The van der Waals surface area contributed by atoms with Crippen molar-refractivity contribution in [3.63, 3.8) is 0 Å². The zero-order valence-electron chi connectivity index (χ0n) is 14.2. The fourth-order valence-electron chi connectivity index (χ4n) is 2.17. The average Bonchev–Trinajstić information content (AvgIpc) is 3.11. The maximum absolute atomic E-state index is 11.7. The summed E-state index contributed by atoms with van der Waals surface area (Å²) >= 11 is 5.89. The summed E-state index contributed by atoms with van der Waals surface area (Å²) in [5.74, 6) is 0.822. The van der Waals surface area contributed by atoms with Crippen molar-refractivity contribution in [1.29, 1.82) is 0 Å².